The Balaban J connectivity index is 1.83. The smallest absolute Gasteiger partial charge is 0.255 e. The number of methoxy groups -OCH3 is 2. The van der Waals surface area contributed by atoms with Crippen molar-refractivity contribution in [3.05, 3.63) is 40.3 Å². The molecule has 0 unspecified atom stereocenters. The van der Waals surface area contributed by atoms with Gasteiger partial charge in [-0.15, -0.1) is 0 Å². The SMILES string of the molecule is COc1ccc(NC(=O)Cn2c(N3CCOCC3)nc(C)cc2=O)c(OC)c1. The Labute approximate surface area is 162 Å². The average Bonchev–Trinajstić information content (AvgIpc) is 2.70. The van der Waals surface area contributed by atoms with Gasteiger partial charge in [0.25, 0.3) is 5.56 Å². The Morgan fingerprint density at radius 3 is 2.64 bits per heavy atom. The van der Waals surface area contributed by atoms with E-state index in [1.165, 1.54) is 17.7 Å². The van der Waals surface area contributed by atoms with E-state index in [0.717, 1.165) is 0 Å². The maximum atomic E-state index is 12.6. The molecule has 0 aliphatic carbocycles. The van der Waals surface area contributed by atoms with Gasteiger partial charge in [0.05, 0.1) is 33.1 Å². The summed E-state index contributed by atoms with van der Waals surface area (Å²) >= 11 is 0. The van der Waals surface area contributed by atoms with Gasteiger partial charge in [-0.2, -0.15) is 0 Å². The van der Waals surface area contributed by atoms with E-state index in [-0.39, 0.29) is 18.0 Å². The maximum Gasteiger partial charge on any atom is 0.255 e. The quantitative estimate of drug-likeness (QED) is 0.790. The number of anilines is 2. The standard InChI is InChI=1S/C19H24N4O5/c1-13-10-18(25)23(19(20-13)22-6-8-28-9-7-22)12-17(24)21-15-5-4-14(26-2)11-16(15)27-3/h4-5,10-11H,6-9,12H2,1-3H3,(H,21,24). The van der Waals surface area contributed by atoms with Crippen molar-refractivity contribution in [3.63, 3.8) is 0 Å². The lowest BCUT2D eigenvalue weighted by Crippen LogP contribution is -2.41. The van der Waals surface area contributed by atoms with Crippen LogP contribution in [0.2, 0.25) is 0 Å². The van der Waals surface area contributed by atoms with Gasteiger partial charge >= 0.3 is 0 Å². The first-order chi connectivity index (χ1) is 13.5. The second kappa shape index (κ2) is 8.75. The fourth-order valence-electron chi connectivity index (χ4n) is 2.99. The van der Waals surface area contributed by atoms with Gasteiger partial charge in [0.1, 0.15) is 18.0 Å². The van der Waals surface area contributed by atoms with Crippen LogP contribution < -0.4 is 25.2 Å². The van der Waals surface area contributed by atoms with Crippen molar-refractivity contribution in [2.24, 2.45) is 0 Å². The minimum atomic E-state index is -0.356. The Kier molecular flexibility index (Phi) is 6.15. The van der Waals surface area contributed by atoms with Gasteiger partial charge < -0.3 is 24.4 Å². The molecule has 0 radical (unpaired) electrons. The Hall–Kier alpha value is -3.07. The van der Waals surface area contributed by atoms with Crippen molar-refractivity contribution in [1.29, 1.82) is 0 Å². The van der Waals surface area contributed by atoms with Gasteiger partial charge in [-0.1, -0.05) is 0 Å². The highest BCUT2D eigenvalue weighted by Gasteiger charge is 2.20. The molecule has 2 aromatic rings. The number of carbonyl (C=O) groups is 1. The number of benzene rings is 1. The van der Waals surface area contributed by atoms with E-state index < -0.39 is 0 Å². The average molecular weight is 388 g/mol. The zero-order chi connectivity index (χ0) is 20.1. The summed E-state index contributed by atoms with van der Waals surface area (Å²) < 4.78 is 17.2. The zero-order valence-electron chi connectivity index (χ0n) is 16.2. The van der Waals surface area contributed by atoms with E-state index in [9.17, 15) is 9.59 Å². The minimum Gasteiger partial charge on any atom is -0.497 e. The predicted molar refractivity (Wildman–Crippen MR) is 104 cm³/mol. The molecule has 9 heteroatoms. The summed E-state index contributed by atoms with van der Waals surface area (Å²) in [6.45, 7) is 3.94. The van der Waals surface area contributed by atoms with E-state index in [2.05, 4.69) is 10.3 Å². The highest BCUT2D eigenvalue weighted by Crippen LogP contribution is 2.29. The van der Waals surface area contributed by atoms with Crippen molar-refractivity contribution >= 4 is 17.5 Å². The van der Waals surface area contributed by atoms with E-state index in [0.29, 0.717) is 55.1 Å². The molecule has 1 aliphatic rings. The molecular weight excluding hydrogens is 364 g/mol. The first kappa shape index (κ1) is 19.7. The minimum absolute atomic E-state index is 0.159. The van der Waals surface area contributed by atoms with Gasteiger partial charge in [-0.25, -0.2) is 4.98 Å². The molecule has 1 saturated heterocycles. The molecule has 3 rings (SSSR count). The van der Waals surface area contributed by atoms with Crippen LogP contribution in [-0.2, 0) is 16.1 Å². The third-order valence-electron chi connectivity index (χ3n) is 4.39. The monoisotopic (exact) mass is 388 g/mol. The maximum absolute atomic E-state index is 12.6. The number of rotatable bonds is 6. The molecule has 0 spiro atoms. The van der Waals surface area contributed by atoms with E-state index in [4.69, 9.17) is 14.2 Å². The lowest BCUT2D eigenvalue weighted by molar-refractivity contribution is -0.116. The first-order valence-electron chi connectivity index (χ1n) is 8.95. The van der Waals surface area contributed by atoms with E-state index in [1.807, 2.05) is 4.90 Å². The van der Waals surface area contributed by atoms with E-state index >= 15 is 0 Å². The van der Waals surface area contributed by atoms with Gasteiger partial charge in [0, 0.05) is 30.9 Å². The molecule has 0 bridgehead atoms. The van der Waals surface area contributed by atoms with Gasteiger partial charge in [-0.05, 0) is 19.1 Å². The zero-order valence-corrected chi connectivity index (χ0v) is 16.2. The summed E-state index contributed by atoms with van der Waals surface area (Å²) in [4.78, 5) is 31.6. The number of aromatic nitrogens is 2. The molecule has 150 valence electrons. The third-order valence-corrected chi connectivity index (χ3v) is 4.39. The molecule has 0 atom stereocenters. The molecule has 9 nitrogen and oxygen atoms in total. The first-order valence-corrected chi connectivity index (χ1v) is 8.95. The Morgan fingerprint density at radius 2 is 1.96 bits per heavy atom. The van der Waals surface area contributed by atoms with Crippen LogP contribution in [0, 0.1) is 6.92 Å². The molecule has 1 amide bonds. The summed E-state index contributed by atoms with van der Waals surface area (Å²) in [5.74, 6) is 1.20. The molecular formula is C19H24N4O5. The summed E-state index contributed by atoms with van der Waals surface area (Å²) in [6, 6.07) is 6.51. The number of nitrogens with one attached hydrogen (secondary N) is 1. The summed E-state index contributed by atoms with van der Waals surface area (Å²) in [6.07, 6.45) is 0. The van der Waals surface area contributed by atoms with Crippen LogP contribution in [0.5, 0.6) is 11.5 Å². The van der Waals surface area contributed by atoms with Crippen LogP contribution in [0.15, 0.2) is 29.1 Å². The predicted octanol–water partition coefficient (Wildman–Crippen LogP) is 1.04. The van der Waals surface area contributed by atoms with Crippen LogP contribution in [0.3, 0.4) is 0 Å². The lowest BCUT2D eigenvalue weighted by atomic mass is 10.2. The normalized spacial score (nSPS) is 13.9. The fourth-order valence-corrected chi connectivity index (χ4v) is 2.99. The van der Waals surface area contributed by atoms with Crippen LogP contribution >= 0.6 is 0 Å². The molecule has 0 saturated carbocycles. The number of amides is 1. The number of morpholine rings is 1. The van der Waals surface area contributed by atoms with Crippen molar-refractivity contribution < 1.29 is 19.0 Å². The molecule has 1 fully saturated rings. The lowest BCUT2D eigenvalue weighted by Gasteiger charge is -2.29. The molecule has 1 aromatic heterocycles. The van der Waals surface area contributed by atoms with Crippen molar-refractivity contribution in [2.75, 3.05) is 50.7 Å². The number of aryl methyl sites for hydroxylation is 1. The second-order valence-electron chi connectivity index (χ2n) is 6.34. The Morgan fingerprint density at radius 1 is 1.21 bits per heavy atom. The topological polar surface area (TPSA) is 94.9 Å². The number of hydrogen-bond acceptors (Lipinski definition) is 7. The van der Waals surface area contributed by atoms with Crippen molar-refractivity contribution in [1.82, 2.24) is 9.55 Å². The number of hydrogen-bond donors (Lipinski definition) is 1. The fraction of sp³-hybridized carbons (Fsp3) is 0.421. The Bertz CT molecular complexity index is 906. The van der Waals surface area contributed by atoms with E-state index in [1.54, 1.807) is 32.2 Å². The molecule has 1 aromatic carbocycles. The molecule has 28 heavy (non-hydrogen) atoms. The van der Waals surface area contributed by atoms with Crippen LogP contribution in [0.1, 0.15) is 5.69 Å². The molecule has 2 heterocycles. The third kappa shape index (κ3) is 4.42. The molecule has 1 N–H and O–H groups in total. The summed E-state index contributed by atoms with van der Waals surface area (Å²) in [7, 11) is 3.06. The van der Waals surface area contributed by atoms with Gasteiger partial charge in [0.15, 0.2) is 0 Å². The summed E-state index contributed by atoms with van der Waals surface area (Å²) in [5.41, 5.74) is 0.833. The van der Waals surface area contributed by atoms with Gasteiger partial charge in [0.2, 0.25) is 11.9 Å². The number of carbonyl (C=O) groups excluding carboxylic acids is 1. The number of ether oxygens (including phenoxy) is 3. The van der Waals surface area contributed by atoms with Crippen LogP contribution in [-0.4, -0.2) is 56.0 Å². The second-order valence-corrected chi connectivity index (χ2v) is 6.34. The number of nitrogens with zero attached hydrogens (tertiary/aromatic N) is 3. The van der Waals surface area contributed by atoms with Crippen LogP contribution in [0.25, 0.3) is 0 Å². The van der Waals surface area contributed by atoms with Crippen LogP contribution in [0.4, 0.5) is 11.6 Å². The molecule has 1 aliphatic heterocycles. The van der Waals surface area contributed by atoms with Gasteiger partial charge in [-0.3, -0.25) is 14.2 Å². The highest BCUT2D eigenvalue weighted by atomic mass is 16.5. The highest BCUT2D eigenvalue weighted by molar-refractivity contribution is 5.92. The van der Waals surface area contributed by atoms with Crippen molar-refractivity contribution in [3.8, 4) is 11.5 Å². The van der Waals surface area contributed by atoms with Crippen molar-refractivity contribution in [2.45, 2.75) is 13.5 Å². The largest absolute Gasteiger partial charge is 0.497 e. The summed E-state index contributed by atoms with van der Waals surface area (Å²) in [5, 5.41) is 2.78.